The highest BCUT2D eigenvalue weighted by atomic mass is 16.9. The fraction of sp³-hybridized carbons (Fsp3) is 0.806. The third-order valence-electron chi connectivity index (χ3n) is 9.00. The molecule has 212 valence electrons. The second-order valence-electron chi connectivity index (χ2n) is 11.9. The number of ether oxygens (including phenoxy) is 7. The van der Waals surface area contributed by atoms with E-state index in [0.717, 1.165) is 75.7 Å². The van der Waals surface area contributed by atoms with Crippen LogP contribution in [0.15, 0.2) is 24.3 Å². The highest BCUT2D eigenvalue weighted by molar-refractivity contribution is 5.27. The zero-order valence-corrected chi connectivity index (χ0v) is 23.1. The quantitative estimate of drug-likeness (QED) is 0.324. The Morgan fingerprint density at radius 1 is 0.789 bits per heavy atom. The van der Waals surface area contributed by atoms with Crippen molar-refractivity contribution in [2.75, 3.05) is 13.2 Å². The van der Waals surface area contributed by atoms with E-state index >= 15 is 0 Å². The van der Waals surface area contributed by atoms with Gasteiger partial charge in [-0.1, -0.05) is 51.2 Å². The van der Waals surface area contributed by atoms with Crippen LogP contribution in [0.1, 0.15) is 102 Å². The van der Waals surface area contributed by atoms with E-state index in [-0.39, 0.29) is 24.4 Å². The third kappa shape index (κ3) is 5.93. The molecule has 0 N–H and O–H groups in total. The molecule has 2 saturated carbocycles. The fourth-order valence-electron chi connectivity index (χ4n) is 6.86. The zero-order chi connectivity index (χ0) is 25.8. The van der Waals surface area contributed by atoms with Crippen LogP contribution >= 0.6 is 0 Å². The van der Waals surface area contributed by atoms with Crippen molar-refractivity contribution in [1.82, 2.24) is 0 Å². The van der Waals surface area contributed by atoms with Crippen molar-refractivity contribution in [3.63, 3.8) is 0 Å². The second kappa shape index (κ2) is 12.1. The first-order chi connectivity index (χ1) is 18.7. The molecule has 0 radical (unpaired) electrons. The van der Waals surface area contributed by atoms with Gasteiger partial charge in [0.1, 0.15) is 30.2 Å². The summed E-state index contributed by atoms with van der Waals surface area (Å²) in [5.74, 6) is -0.0605. The van der Waals surface area contributed by atoms with Gasteiger partial charge in [-0.05, 0) is 49.8 Å². The van der Waals surface area contributed by atoms with Crippen molar-refractivity contribution >= 4 is 0 Å². The molecule has 1 unspecified atom stereocenters. The van der Waals surface area contributed by atoms with Crippen LogP contribution in [0.5, 0.6) is 5.75 Å². The number of rotatable bonds is 10. The molecule has 2 aliphatic carbocycles. The molecule has 3 saturated heterocycles. The molecule has 38 heavy (non-hydrogen) atoms. The first-order valence-corrected chi connectivity index (χ1v) is 15.3. The third-order valence-corrected chi connectivity index (χ3v) is 9.00. The predicted molar refractivity (Wildman–Crippen MR) is 142 cm³/mol. The molecule has 5 fully saturated rings. The Labute approximate surface area is 227 Å². The summed E-state index contributed by atoms with van der Waals surface area (Å²) in [7, 11) is 0. The van der Waals surface area contributed by atoms with Crippen molar-refractivity contribution < 1.29 is 33.2 Å². The van der Waals surface area contributed by atoms with Crippen molar-refractivity contribution in [1.29, 1.82) is 0 Å². The van der Waals surface area contributed by atoms with E-state index < -0.39 is 17.9 Å². The summed E-state index contributed by atoms with van der Waals surface area (Å²) in [6.45, 7) is 3.99. The van der Waals surface area contributed by atoms with E-state index in [4.69, 9.17) is 33.2 Å². The topological polar surface area (TPSA) is 64.6 Å². The average Bonchev–Trinajstić information content (AvgIpc) is 3.60. The average molecular weight is 531 g/mol. The Morgan fingerprint density at radius 3 is 2.26 bits per heavy atom. The van der Waals surface area contributed by atoms with Crippen LogP contribution < -0.4 is 4.74 Å². The molecule has 3 heterocycles. The van der Waals surface area contributed by atoms with Crippen molar-refractivity contribution in [3.05, 3.63) is 29.8 Å². The van der Waals surface area contributed by atoms with Crippen molar-refractivity contribution in [3.8, 4) is 5.75 Å². The van der Waals surface area contributed by atoms with Crippen LogP contribution in [0, 0.1) is 0 Å². The SMILES string of the molecule is CCCCCCOc1ccc(CO[C@@H]2[C@H]3OC4(CCCCC4)O[C@H]3O[C@@H]2C2COC3(CCCCC3)O2)cc1. The zero-order valence-electron chi connectivity index (χ0n) is 23.1. The van der Waals surface area contributed by atoms with E-state index in [1.54, 1.807) is 0 Å². The molecule has 2 spiro atoms. The molecule has 0 aromatic heterocycles. The Morgan fingerprint density at radius 2 is 1.53 bits per heavy atom. The smallest absolute Gasteiger partial charge is 0.190 e. The number of hydrogen-bond acceptors (Lipinski definition) is 7. The minimum Gasteiger partial charge on any atom is -0.494 e. The summed E-state index contributed by atoms with van der Waals surface area (Å²) in [5, 5.41) is 0. The van der Waals surface area contributed by atoms with Gasteiger partial charge in [0, 0.05) is 25.7 Å². The van der Waals surface area contributed by atoms with Crippen LogP contribution in [0.4, 0.5) is 0 Å². The number of hydrogen-bond donors (Lipinski definition) is 0. The molecular formula is C31H46O7. The van der Waals surface area contributed by atoms with Gasteiger partial charge in [-0.25, -0.2) is 0 Å². The monoisotopic (exact) mass is 530 g/mol. The molecule has 1 aromatic carbocycles. The fourth-order valence-corrected chi connectivity index (χ4v) is 6.86. The molecule has 0 bridgehead atoms. The number of unbranched alkanes of at least 4 members (excludes halogenated alkanes) is 3. The van der Waals surface area contributed by atoms with E-state index in [1.165, 1.54) is 32.1 Å². The van der Waals surface area contributed by atoms with Crippen LogP contribution in [0.2, 0.25) is 0 Å². The normalized spacial score (nSPS) is 33.7. The summed E-state index contributed by atoms with van der Waals surface area (Å²) < 4.78 is 45.0. The first-order valence-electron chi connectivity index (χ1n) is 15.3. The van der Waals surface area contributed by atoms with Gasteiger partial charge in [0.2, 0.25) is 0 Å². The van der Waals surface area contributed by atoms with Crippen LogP contribution in [-0.4, -0.2) is 55.5 Å². The van der Waals surface area contributed by atoms with Crippen LogP contribution in [-0.2, 0) is 35.0 Å². The maximum atomic E-state index is 6.64. The van der Waals surface area contributed by atoms with Gasteiger partial charge < -0.3 is 33.2 Å². The lowest BCUT2D eigenvalue weighted by atomic mass is 9.94. The molecule has 5 atom stereocenters. The van der Waals surface area contributed by atoms with Crippen molar-refractivity contribution in [2.45, 2.75) is 146 Å². The summed E-state index contributed by atoms with van der Waals surface area (Å²) in [6, 6.07) is 8.25. The molecule has 5 aliphatic rings. The van der Waals surface area contributed by atoms with Gasteiger partial charge in [0.15, 0.2) is 17.9 Å². The van der Waals surface area contributed by atoms with Gasteiger partial charge in [0.05, 0.1) is 19.8 Å². The van der Waals surface area contributed by atoms with Gasteiger partial charge in [-0.2, -0.15) is 0 Å². The second-order valence-corrected chi connectivity index (χ2v) is 11.9. The van der Waals surface area contributed by atoms with E-state index in [0.29, 0.717) is 13.2 Å². The minimum absolute atomic E-state index is 0.179. The minimum atomic E-state index is -0.520. The largest absolute Gasteiger partial charge is 0.494 e. The number of fused-ring (bicyclic) bond motifs is 1. The first kappa shape index (κ1) is 27.0. The lowest BCUT2D eigenvalue weighted by Crippen LogP contribution is -2.45. The highest BCUT2D eigenvalue weighted by Gasteiger charge is 2.61. The molecule has 7 heteroatoms. The molecule has 1 aromatic rings. The molecule has 7 nitrogen and oxygen atoms in total. The van der Waals surface area contributed by atoms with E-state index in [1.807, 2.05) is 12.1 Å². The molecule has 3 aliphatic heterocycles. The molecule has 6 rings (SSSR count). The highest BCUT2D eigenvalue weighted by Crippen LogP contribution is 2.48. The Balaban J connectivity index is 1.09. The Bertz CT molecular complexity index is 877. The number of benzene rings is 1. The van der Waals surface area contributed by atoms with Gasteiger partial charge in [-0.15, -0.1) is 0 Å². The maximum Gasteiger partial charge on any atom is 0.190 e. The Kier molecular flexibility index (Phi) is 8.60. The summed E-state index contributed by atoms with van der Waals surface area (Å²) >= 11 is 0. The van der Waals surface area contributed by atoms with Crippen LogP contribution in [0.25, 0.3) is 0 Å². The lowest BCUT2D eigenvalue weighted by molar-refractivity contribution is -0.263. The van der Waals surface area contributed by atoms with E-state index in [2.05, 4.69) is 19.1 Å². The predicted octanol–water partition coefficient (Wildman–Crippen LogP) is 6.41. The summed E-state index contributed by atoms with van der Waals surface area (Å²) in [5.41, 5.74) is 1.10. The van der Waals surface area contributed by atoms with Crippen LogP contribution in [0.3, 0.4) is 0 Å². The summed E-state index contributed by atoms with van der Waals surface area (Å²) in [6.07, 6.45) is 14.2. The van der Waals surface area contributed by atoms with E-state index in [9.17, 15) is 0 Å². The van der Waals surface area contributed by atoms with Crippen molar-refractivity contribution in [2.24, 2.45) is 0 Å². The lowest BCUT2D eigenvalue weighted by Gasteiger charge is -2.35. The van der Waals surface area contributed by atoms with Gasteiger partial charge >= 0.3 is 0 Å². The molecular weight excluding hydrogens is 484 g/mol. The standard InChI is InChI=1S/C31H46O7/c1-2-3-4-11-20-32-24-14-12-23(13-15-24)21-33-27-26(25-22-34-30(36-25)16-7-5-8-17-30)35-29-28(27)37-31(38-29)18-9-6-10-19-31/h12-15,25-29H,2-11,16-22H2,1H3/t25?,26-,27+,28-,29-/m1/s1. The maximum absolute atomic E-state index is 6.64. The molecule has 0 amide bonds. The summed E-state index contributed by atoms with van der Waals surface area (Å²) in [4.78, 5) is 0. The Hall–Kier alpha value is -1.22. The van der Waals surface area contributed by atoms with Gasteiger partial charge in [-0.3, -0.25) is 0 Å². The van der Waals surface area contributed by atoms with Gasteiger partial charge in [0.25, 0.3) is 0 Å².